The van der Waals surface area contributed by atoms with Gasteiger partial charge in [-0.25, -0.2) is 13.6 Å². The highest BCUT2D eigenvalue weighted by Gasteiger charge is 2.12. The summed E-state index contributed by atoms with van der Waals surface area (Å²) in [4.78, 5) is 11.5. The molecule has 1 unspecified atom stereocenters. The van der Waals surface area contributed by atoms with E-state index in [1.165, 1.54) is 37.4 Å². The normalized spacial score (nSPS) is 11.8. The van der Waals surface area contributed by atoms with Crippen LogP contribution in [0.15, 0.2) is 42.5 Å². The summed E-state index contributed by atoms with van der Waals surface area (Å²) >= 11 is 0. The van der Waals surface area contributed by atoms with Crippen molar-refractivity contribution in [1.82, 2.24) is 0 Å². The van der Waals surface area contributed by atoms with Crippen LogP contribution < -0.4 is 5.32 Å². The molecule has 0 saturated carbocycles. The Morgan fingerprint density at radius 3 is 2.43 bits per heavy atom. The molecule has 1 N–H and O–H groups in total. The van der Waals surface area contributed by atoms with Crippen LogP contribution in [0, 0.1) is 11.6 Å². The van der Waals surface area contributed by atoms with Crippen LogP contribution in [0.25, 0.3) is 0 Å². The minimum absolute atomic E-state index is 0.190. The smallest absolute Gasteiger partial charge is 0.337 e. The van der Waals surface area contributed by atoms with Crippen molar-refractivity contribution in [3.8, 4) is 0 Å². The molecule has 0 bridgehead atoms. The van der Waals surface area contributed by atoms with Crippen molar-refractivity contribution in [2.75, 3.05) is 12.4 Å². The first kappa shape index (κ1) is 15.0. The summed E-state index contributed by atoms with van der Waals surface area (Å²) < 4.78 is 31.3. The number of methoxy groups -OCH3 is 1. The molecule has 3 nitrogen and oxygen atoms in total. The molecule has 0 aliphatic carbocycles. The van der Waals surface area contributed by atoms with E-state index >= 15 is 0 Å². The first-order valence-electron chi connectivity index (χ1n) is 6.41. The molecular weight excluding hydrogens is 276 g/mol. The molecule has 21 heavy (non-hydrogen) atoms. The molecule has 110 valence electrons. The average molecular weight is 291 g/mol. The Labute approximate surface area is 121 Å². The Morgan fingerprint density at radius 1 is 1.14 bits per heavy atom. The number of anilines is 1. The molecule has 0 saturated heterocycles. The van der Waals surface area contributed by atoms with Gasteiger partial charge in [0.15, 0.2) is 0 Å². The molecule has 0 radical (unpaired) electrons. The van der Waals surface area contributed by atoms with E-state index in [0.29, 0.717) is 0 Å². The molecule has 0 aliphatic heterocycles. The predicted octanol–water partition coefficient (Wildman–Crippen LogP) is 3.92. The van der Waals surface area contributed by atoms with Crippen LogP contribution in [0.3, 0.4) is 0 Å². The van der Waals surface area contributed by atoms with Crippen molar-refractivity contribution in [3.63, 3.8) is 0 Å². The minimum Gasteiger partial charge on any atom is -0.465 e. The Balaban J connectivity index is 2.22. The van der Waals surface area contributed by atoms with Crippen molar-refractivity contribution >= 4 is 11.7 Å². The zero-order valence-corrected chi connectivity index (χ0v) is 11.7. The number of esters is 1. The number of benzene rings is 2. The zero-order chi connectivity index (χ0) is 15.4. The lowest BCUT2D eigenvalue weighted by molar-refractivity contribution is 0.0600. The number of nitrogens with one attached hydrogen (secondary N) is 1. The summed E-state index contributed by atoms with van der Waals surface area (Å²) in [7, 11) is 1.26. The van der Waals surface area contributed by atoms with Gasteiger partial charge in [0.1, 0.15) is 11.6 Å². The van der Waals surface area contributed by atoms with E-state index in [9.17, 15) is 13.6 Å². The third kappa shape index (κ3) is 3.56. The summed E-state index contributed by atoms with van der Waals surface area (Å²) in [5.41, 5.74) is 1.25. The van der Waals surface area contributed by atoms with Crippen LogP contribution in [0.4, 0.5) is 14.5 Å². The second-order valence-electron chi connectivity index (χ2n) is 4.60. The van der Waals surface area contributed by atoms with Gasteiger partial charge in [0.25, 0.3) is 0 Å². The monoisotopic (exact) mass is 291 g/mol. The summed E-state index contributed by atoms with van der Waals surface area (Å²) in [6.45, 7) is 1.82. The van der Waals surface area contributed by atoms with E-state index in [1.807, 2.05) is 6.92 Å². The third-order valence-electron chi connectivity index (χ3n) is 3.13. The van der Waals surface area contributed by atoms with Gasteiger partial charge >= 0.3 is 5.97 Å². The van der Waals surface area contributed by atoms with E-state index in [2.05, 4.69) is 10.1 Å². The van der Waals surface area contributed by atoms with Gasteiger partial charge in [0.2, 0.25) is 0 Å². The van der Waals surface area contributed by atoms with Crippen molar-refractivity contribution < 1.29 is 18.3 Å². The van der Waals surface area contributed by atoms with Crippen LogP contribution in [-0.2, 0) is 4.74 Å². The largest absolute Gasteiger partial charge is 0.465 e. The van der Waals surface area contributed by atoms with E-state index in [0.717, 1.165) is 5.56 Å². The van der Waals surface area contributed by atoms with Crippen LogP contribution >= 0.6 is 0 Å². The second-order valence-corrected chi connectivity index (χ2v) is 4.60. The lowest BCUT2D eigenvalue weighted by atomic mass is 10.1. The Hall–Kier alpha value is -2.43. The molecule has 0 amide bonds. The van der Waals surface area contributed by atoms with Crippen molar-refractivity contribution in [3.05, 3.63) is 65.2 Å². The summed E-state index contributed by atoms with van der Waals surface area (Å²) in [5.74, 6) is -1.34. The van der Waals surface area contributed by atoms with Crippen LogP contribution in [0.2, 0.25) is 0 Å². The highest BCUT2D eigenvalue weighted by Crippen LogP contribution is 2.23. The minimum atomic E-state index is -0.535. The number of hydrogen-bond acceptors (Lipinski definition) is 3. The van der Waals surface area contributed by atoms with Crippen LogP contribution in [0.1, 0.15) is 28.9 Å². The number of hydrogen-bond donors (Lipinski definition) is 1. The zero-order valence-electron chi connectivity index (χ0n) is 11.7. The number of halogens is 2. The average Bonchev–Trinajstić information content (AvgIpc) is 2.49. The van der Waals surface area contributed by atoms with Crippen molar-refractivity contribution in [2.24, 2.45) is 0 Å². The van der Waals surface area contributed by atoms with E-state index in [1.54, 1.807) is 12.1 Å². The summed E-state index contributed by atoms with van der Waals surface area (Å²) in [6, 6.07) is 9.63. The molecule has 2 aromatic carbocycles. The second kappa shape index (κ2) is 6.35. The maximum absolute atomic E-state index is 13.8. The summed E-state index contributed by atoms with van der Waals surface area (Å²) in [5, 5.41) is 2.96. The van der Waals surface area contributed by atoms with Gasteiger partial charge < -0.3 is 10.1 Å². The molecule has 5 heteroatoms. The molecule has 0 heterocycles. The number of ether oxygens (including phenoxy) is 1. The molecule has 0 aromatic heterocycles. The maximum atomic E-state index is 13.8. The van der Waals surface area contributed by atoms with E-state index < -0.39 is 11.8 Å². The van der Waals surface area contributed by atoms with Gasteiger partial charge in [-0.05, 0) is 42.8 Å². The Bertz CT molecular complexity index is 641. The molecule has 2 aromatic rings. The lowest BCUT2D eigenvalue weighted by Gasteiger charge is -2.17. The highest BCUT2D eigenvalue weighted by atomic mass is 19.1. The fourth-order valence-corrected chi connectivity index (χ4v) is 1.95. The molecular formula is C16H15F2NO2. The van der Waals surface area contributed by atoms with Gasteiger partial charge in [-0.3, -0.25) is 0 Å². The molecule has 0 fully saturated rings. The Morgan fingerprint density at radius 2 is 1.81 bits per heavy atom. The molecule has 1 atom stereocenters. The molecule has 0 spiro atoms. The standard InChI is InChI=1S/C16H15F2NO2/c1-10(11-3-6-13(17)7-4-11)19-15-9-12(16(20)21-2)5-8-14(15)18/h3-10,19H,1-2H3. The first-order chi connectivity index (χ1) is 10.0. The van der Waals surface area contributed by atoms with Gasteiger partial charge in [0.05, 0.1) is 18.4 Å². The SMILES string of the molecule is COC(=O)c1ccc(F)c(NC(C)c2ccc(F)cc2)c1. The van der Waals surface area contributed by atoms with Gasteiger partial charge in [0, 0.05) is 6.04 Å². The van der Waals surface area contributed by atoms with E-state index in [-0.39, 0.29) is 23.1 Å². The van der Waals surface area contributed by atoms with Crippen molar-refractivity contribution in [2.45, 2.75) is 13.0 Å². The van der Waals surface area contributed by atoms with Crippen molar-refractivity contribution in [1.29, 1.82) is 0 Å². The number of rotatable bonds is 4. The predicted molar refractivity (Wildman–Crippen MR) is 76.2 cm³/mol. The maximum Gasteiger partial charge on any atom is 0.337 e. The molecule has 0 aliphatic rings. The van der Waals surface area contributed by atoms with Gasteiger partial charge in [-0.15, -0.1) is 0 Å². The molecule has 2 rings (SSSR count). The fraction of sp³-hybridized carbons (Fsp3) is 0.188. The topological polar surface area (TPSA) is 38.3 Å². The number of carbonyl (C=O) groups is 1. The quantitative estimate of drug-likeness (QED) is 0.868. The fourth-order valence-electron chi connectivity index (χ4n) is 1.95. The first-order valence-corrected chi connectivity index (χ1v) is 6.41. The highest BCUT2D eigenvalue weighted by molar-refractivity contribution is 5.90. The van der Waals surface area contributed by atoms with Gasteiger partial charge in [-0.1, -0.05) is 12.1 Å². The Kier molecular flexibility index (Phi) is 4.52. The summed E-state index contributed by atoms with van der Waals surface area (Å²) in [6.07, 6.45) is 0. The van der Waals surface area contributed by atoms with Crippen LogP contribution in [-0.4, -0.2) is 13.1 Å². The lowest BCUT2D eigenvalue weighted by Crippen LogP contribution is -2.09. The third-order valence-corrected chi connectivity index (χ3v) is 3.13. The van der Waals surface area contributed by atoms with Crippen LogP contribution in [0.5, 0.6) is 0 Å². The van der Waals surface area contributed by atoms with Gasteiger partial charge in [-0.2, -0.15) is 0 Å². The van der Waals surface area contributed by atoms with E-state index in [4.69, 9.17) is 0 Å². The number of carbonyl (C=O) groups excluding carboxylic acids is 1.